The molecule has 1 saturated carbocycles. The van der Waals surface area contributed by atoms with Gasteiger partial charge in [0.2, 0.25) is 11.8 Å². The zero-order valence-corrected chi connectivity index (χ0v) is 17.4. The van der Waals surface area contributed by atoms with E-state index >= 15 is 0 Å². The van der Waals surface area contributed by atoms with Gasteiger partial charge in [-0.15, -0.1) is 0 Å². The van der Waals surface area contributed by atoms with Crippen LogP contribution < -0.4 is 5.32 Å². The lowest BCUT2D eigenvalue weighted by Crippen LogP contribution is -2.42. The van der Waals surface area contributed by atoms with Gasteiger partial charge in [0.25, 0.3) is 0 Å². The van der Waals surface area contributed by atoms with E-state index in [2.05, 4.69) is 36.3 Å². The molecule has 0 spiro atoms. The van der Waals surface area contributed by atoms with Crippen molar-refractivity contribution in [3.8, 4) is 0 Å². The molecule has 1 aliphatic carbocycles. The second kappa shape index (κ2) is 10.2. The van der Waals surface area contributed by atoms with Crippen LogP contribution in [-0.2, 0) is 22.7 Å². The summed E-state index contributed by atoms with van der Waals surface area (Å²) in [5, 5.41) is 3.01. The van der Waals surface area contributed by atoms with Crippen molar-refractivity contribution in [2.24, 2.45) is 11.8 Å². The number of amides is 2. The fourth-order valence-corrected chi connectivity index (χ4v) is 3.97. The Hall–Kier alpha value is -2.69. The van der Waals surface area contributed by atoms with Crippen LogP contribution >= 0.6 is 0 Å². The predicted octanol–water partition coefficient (Wildman–Crippen LogP) is 3.94. The molecular formula is C24H31N3O2. The standard InChI is InChI=1S/C24H31N3O2/c1-18(2)27(17-19-7-4-3-5-8-19)24(29)22-12-10-21(11-13-22)23(28)26-16-20-9-6-14-25-15-20/h3-9,14-15,18,21-22H,10-13,16-17H2,1-2H3,(H,26,28). The summed E-state index contributed by atoms with van der Waals surface area (Å²) in [5.41, 5.74) is 2.15. The number of nitrogens with zero attached hydrogens (tertiary/aromatic N) is 2. The highest BCUT2D eigenvalue weighted by atomic mass is 16.2. The quantitative estimate of drug-likeness (QED) is 0.775. The van der Waals surface area contributed by atoms with Gasteiger partial charge in [-0.1, -0.05) is 36.4 Å². The highest BCUT2D eigenvalue weighted by Crippen LogP contribution is 2.31. The fraction of sp³-hybridized carbons (Fsp3) is 0.458. The average Bonchev–Trinajstić information content (AvgIpc) is 2.76. The zero-order chi connectivity index (χ0) is 20.6. The molecule has 0 unspecified atom stereocenters. The van der Waals surface area contributed by atoms with E-state index in [4.69, 9.17) is 0 Å². The molecule has 1 aromatic carbocycles. The lowest BCUT2D eigenvalue weighted by molar-refractivity contribution is -0.140. The number of pyridine rings is 1. The number of hydrogen-bond acceptors (Lipinski definition) is 3. The van der Waals surface area contributed by atoms with Crippen molar-refractivity contribution in [2.75, 3.05) is 0 Å². The van der Waals surface area contributed by atoms with E-state index in [9.17, 15) is 9.59 Å². The van der Waals surface area contributed by atoms with Gasteiger partial charge in [-0.3, -0.25) is 14.6 Å². The minimum absolute atomic E-state index is 0.00246. The first kappa shape index (κ1) is 21.0. The van der Waals surface area contributed by atoms with Crippen LogP contribution in [0.2, 0.25) is 0 Å². The van der Waals surface area contributed by atoms with Gasteiger partial charge < -0.3 is 10.2 Å². The Morgan fingerprint density at radius 3 is 2.28 bits per heavy atom. The maximum absolute atomic E-state index is 13.1. The minimum atomic E-state index is -0.00246. The van der Waals surface area contributed by atoms with Crippen molar-refractivity contribution < 1.29 is 9.59 Å². The van der Waals surface area contributed by atoms with E-state index in [0.29, 0.717) is 13.1 Å². The molecule has 3 rings (SSSR count). The molecule has 29 heavy (non-hydrogen) atoms. The second-order valence-electron chi connectivity index (χ2n) is 8.17. The van der Waals surface area contributed by atoms with Gasteiger partial charge in [0.15, 0.2) is 0 Å². The first-order chi connectivity index (χ1) is 14.0. The van der Waals surface area contributed by atoms with Crippen LogP contribution in [0.1, 0.15) is 50.7 Å². The molecular weight excluding hydrogens is 362 g/mol. The smallest absolute Gasteiger partial charge is 0.226 e. The van der Waals surface area contributed by atoms with Crippen molar-refractivity contribution in [1.29, 1.82) is 0 Å². The van der Waals surface area contributed by atoms with Gasteiger partial charge in [-0.05, 0) is 56.7 Å². The van der Waals surface area contributed by atoms with E-state index in [-0.39, 0.29) is 29.7 Å². The molecule has 0 saturated heterocycles. The summed E-state index contributed by atoms with van der Waals surface area (Å²) in [5.74, 6) is 0.323. The third-order valence-electron chi connectivity index (χ3n) is 5.74. The second-order valence-corrected chi connectivity index (χ2v) is 8.17. The zero-order valence-electron chi connectivity index (χ0n) is 17.4. The Labute approximate surface area is 173 Å². The molecule has 1 N–H and O–H groups in total. The van der Waals surface area contributed by atoms with E-state index in [0.717, 1.165) is 36.8 Å². The molecule has 2 aromatic rings. The van der Waals surface area contributed by atoms with Crippen LogP contribution in [0, 0.1) is 11.8 Å². The maximum Gasteiger partial charge on any atom is 0.226 e. The Morgan fingerprint density at radius 1 is 1.00 bits per heavy atom. The van der Waals surface area contributed by atoms with E-state index in [1.807, 2.05) is 35.2 Å². The number of aromatic nitrogens is 1. The Morgan fingerprint density at radius 2 is 1.66 bits per heavy atom. The molecule has 5 heteroatoms. The van der Waals surface area contributed by atoms with Crippen LogP contribution in [0.5, 0.6) is 0 Å². The lowest BCUT2D eigenvalue weighted by Gasteiger charge is -2.34. The summed E-state index contributed by atoms with van der Waals surface area (Å²) in [7, 11) is 0. The fourth-order valence-electron chi connectivity index (χ4n) is 3.97. The first-order valence-electron chi connectivity index (χ1n) is 10.6. The summed E-state index contributed by atoms with van der Waals surface area (Å²) >= 11 is 0. The van der Waals surface area contributed by atoms with Crippen molar-refractivity contribution in [3.05, 3.63) is 66.0 Å². The van der Waals surface area contributed by atoms with Crippen molar-refractivity contribution in [3.63, 3.8) is 0 Å². The third kappa shape index (κ3) is 5.89. The summed E-state index contributed by atoms with van der Waals surface area (Å²) in [4.78, 5) is 31.7. The van der Waals surface area contributed by atoms with Crippen LogP contribution in [0.3, 0.4) is 0 Å². The van der Waals surface area contributed by atoms with E-state index < -0.39 is 0 Å². The normalized spacial score (nSPS) is 19.0. The number of benzene rings is 1. The highest BCUT2D eigenvalue weighted by molar-refractivity contribution is 5.81. The van der Waals surface area contributed by atoms with Gasteiger partial charge in [-0.2, -0.15) is 0 Å². The molecule has 0 bridgehead atoms. The van der Waals surface area contributed by atoms with Crippen molar-refractivity contribution >= 4 is 11.8 Å². The Kier molecular flexibility index (Phi) is 7.39. The summed E-state index contributed by atoms with van der Waals surface area (Å²) in [6, 6.07) is 14.1. The van der Waals surface area contributed by atoms with Crippen molar-refractivity contribution in [1.82, 2.24) is 15.2 Å². The highest BCUT2D eigenvalue weighted by Gasteiger charge is 2.32. The average molecular weight is 394 g/mol. The summed E-state index contributed by atoms with van der Waals surface area (Å²) in [6.07, 6.45) is 6.59. The van der Waals surface area contributed by atoms with E-state index in [1.54, 1.807) is 12.4 Å². The number of nitrogens with one attached hydrogen (secondary N) is 1. The molecule has 0 atom stereocenters. The molecule has 2 amide bonds. The molecule has 154 valence electrons. The largest absolute Gasteiger partial charge is 0.352 e. The van der Waals surface area contributed by atoms with Crippen molar-refractivity contribution in [2.45, 2.75) is 58.7 Å². The van der Waals surface area contributed by atoms with Crippen LogP contribution in [0.4, 0.5) is 0 Å². The molecule has 0 aliphatic heterocycles. The lowest BCUT2D eigenvalue weighted by atomic mass is 9.80. The Bertz CT molecular complexity index is 784. The van der Waals surface area contributed by atoms with Crippen LogP contribution in [-0.4, -0.2) is 27.7 Å². The monoisotopic (exact) mass is 393 g/mol. The molecule has 1 aliphatic rings. The third-order valence-corrected chi connectivity index (χ3v) is 5.74. The maximum atomic E-state index is 13.1. The van der Waals surface area contributed by atoms with Crippen LogP contribution in [0.15, 0.2) is 54.9 Å². The van der Waals surface area contributed by atoms with Gasteiger partial charge in [0.05, 0.1) is 0 Å². The Balaban J connectivity index is 1.50. The number of carbonyl (C=O) groups is 2. The predicted molar refractivity (Wildman–Crippen MR) is 114 cm³/mol. The van der Waals surface area contributed by atoms with Gasteiger partial charge >= 0.3 is 0 Å². The number of carbonyl (C=O) groups excluding carboxylic acids is 2. The number of rotatable bonds is 7. The molecule has 0 radical (unpaired) electrons. The van der Waals surface area contributed by atoms with Crippen LogP contribution in [0.25, 0.3) is 0 Å². The summed E-state index contributed by atoms with van der Waals surface area (Å²) < 4.78 is 0. The van der Waals surface area contributed by atoms with E-state index in [1.165, 1.54) is 0 Å². The van der Waals surface area contributed by atoms with Gasteiger partial charge in [0, 0.05) is 43.4 Å². The topological polar surface area (TPSA) is 62.3 Å². The molecule has 5 nitrogen and oxygen atoms in total. The van der Waals surface area contributed by atoms with Gasteiger partial charge in [0.1, 0.15) is 0 Å². The SMILES string of the molecule is CC(C)N(Cc1ccccc1)C(=O)C1CCC(C(=O)NCc2cccnc2)CC1. The minimum Gasteiger partial charge on any atom is -0.352 e. The molecule has 1 aromatic heterocycles. The molecule has 1 heterocycles. The molecule has 1 fully saturated rings. The number of hydrogen-bond donors (Lipinski definition) is 1. The first-order valence-corrected chi connectivity index (χ1v) is 10.6. The summed E-state index contributed by atoms with van der Waals surface area (Å²) in [6.45, 7) is 5.28. The van der Waals surface area contributed by atoms with Gasteiger partial charge in [-0.25, -0.2) is 0 Å².